The number of aryl methyl sites for hydroxylation is 2. The van der Waals surface area contributed by atoms with Crippen LogP contribution >= 0.6 is 0 Å². The van der Waals surface area contributed by atoms with Crippen LogP contribution in [0, 0.1) is 0 Å². The number of rotatable bonds is 4. The summed E-state index contributed by atoms with van der Waals surface area (Å²) in [6.07, 6.45) is 9.10. The van der Waals surface area contributed by atoms with E-state index in [0.29, 0.717) is 31.1 Å². The third kappa shape index (κ3) is 4.26. The van der Waals surface area contributed by atoms with Crippen molar-refractivity contribution in [2.75, 3.05) is 13.1 Å². The second-order valence-corrected chi connectivity index (χ2v) is 11.8. The van der Waals surface area contributed by atoms with Crippen LogP contribution in [-0.2, 0) is 19.6 Å². The molecule has 204 valence electrons. The molecule has 0 bridgehead atoms. The van der Waals surface area contributed by atoms with Crippen molar-refractivity contribution in [2.45, 2.75) is 82.8 Å². The van der Waals surface area contributed by atoms with Gasteiger partial charge in [0.2, 0.25) is 0 Å². The summed E-state index contributed by atoms with van der Waals surface area (Å²) in [6.45, 7) is 3.22. The molecule has 0 spiro atoms. The van der Waals surface area contributed by atoms with E-state index in [4.69, 9.17) is 0 Å². The second-order valence-electron chi connectivity index (χ2n) is 11.8. The van der Waals surface area contributed by atoms with Gasteiger partial charge in [-0.1, -0.05) is 43.5 Å². The van der Waals surface area contributed by atoms with Gasteiger partial charge in [-0.15, -0.1) is 0 Å². The number of hydrogen-bond acceptors (Lipinski definition) is 2. The lowest BCUT2D eigenvalue weighted by Crippen LogP contribution is -2.38. The molecule has 39 heavy (non-hydrogen) atoms. The van der Waals surface area contributed by atoms with E-state index in [1.807, 2.05) is 12.1 Å². The van der Waals surface area contributed by atoms with Crippen molar-refractivity contribution in [1.82, 2.24) is 14.0 Å². The number of hydrogen-bond donors (Lipinski definition) is 1. The number of piperidine rings is 1. The van der Waals surface area contributed by atoms with Crippen LogP contribution in [0.1, 0.15) is 78.8 Å². The molecule has 2 aromatic carbocycles. The molecule has 0 unspecified atom stereocenters. The van der Waals surface area contributed by atoms with Crippen molar-refractivity contribution in [3.63, 3.8) is 0 Å². The molecule has 1 saturated heterocycles. The Morgan fingerprint density at radius 1 is 0.949 bits per heavy atom. The van der Waals surface area contributed by atoms with Gasteiger partial charge in [-0.2, -0.15) is 0 Å². The summed E-state index contributed by atoms with van der Waals surface area (Å²) in [6, 6.07) is 12.2. The predicted molar refractivity (Wildman–Crippen MR) is 150 cm³/mol. The van der Waals surface area contributed by atoms with E-state index in [2.05, 4.69) is 38.4 Å². The molecule has 1 N–H and O–H groups in total. The first-order valence-corrected chi connectivity index (χ1v) is 14.5. The van der Waals surface area contributed by atoms with Crippen molar-refractivity contribution in [3.05, 3.63) is 59.3 Å². The van der Waals surface area contributed by atoms with Crippen molar-refractivity contribution < 1.29 is 18.7 Å². The van der Waals surface area contributed by atoms with Crippen LogP contribution < -0.4 is 0 Å². The number of carboxylic acid groups (broad SMARTS) is 1. The summed E-state index contributed by atoms with van der Waals surface area (Å²) in [5.41, 5.74) is 7.60. The number of aromatic carboxylic acids is 1. The maximum absolute atomic E-state index is 13.8. The van der Waals surface area contributed by atoms with Crippen molar-refractivity contribution >= 4 is 27.8 Å². The highest BCUT2D eigenvalue weighted by molar-refractivity contribution is 6.03. The number of aromatic nitrogens is 2. The van der Waals surface area contributed by atoms with E-state index in [1.165, 1.54) is 57.9 Å². The molecule has 3 aliphatic rings. The van der Waals surface area contributed by atoms with Gasteiger partial charge in [0.1, 0.15) is 0 Å². The topological polar surface area (TPSA) is 50.4 Å². The fourth-order valence-corrected chi connectivity index (χ4v) is 7.44. The van der Waals surface area contributed by atoms with E-state index in [-0.39, 0.29) is 12.8 Å². The number of likely N-dealkylation sites (tertiary alicyclic amines) is 1. The van der Waals surface area contributed by atoms with Gasteiger partial charge >= 0.3 is 5.97 Å². The molecule has 1 saturated carbocycles. The van der Waals surface area contributed by atoms with Crippen LogP contribution in [0.4, 0.5) is 8.78 Å². The summed E-state index contributed by atoms with van der Waals surface area (Å²) >= 11 is 0. The number of benzene rings is 2. The molecule has 7 heteroatoms. The van der Waals surface area contributed by atoms with Crippen LogP contribution in [-0.4, -0.2) is 44.1 Å². The highest BCUT2D eigenvalue weighted by atomic mass is 19.3. The van der Waals surface area contributed by atoms with Crippen LogP contribution in [0.2, 0.25) is 0 Å². The zero-order valence-electron chi connectivity index (χ0n) is 22.3. The molecule has 4 heterocycles. The van der Waals surface area contributed by atoms with Gasteiger partial charge in [0.05, 0.1) is 16.8 Å². The molecule has 5 nitrogen and oxygen atoms in total. The Balaban J connectivity index is 1.41. The lowest BCUT2D eigenvalue weighted by Gasteiger charge is -2.31. The minimum atomic E-state index is -2.54. The number of fused-ring (bicyclic) bond motifs is 4. The molecular weight excluding hydrogens is 496 g/mol. The molecule has 4 aromatic rings. The Morgan fingerprint density at radius 3 is 2.51 bits per heavy atom. The fraction of sp³-hybridized carbons (Fsp3) is 0.469. The van der Waals surface area contributed by atoms with Gasteiger partial charge in [-0.25, -0.2) is 13.6 Å². The summed E-state index contributed by atoms with van der Waals surface area (Å²) in [5, 5.41) is 12.2. The Labute approximate surface area is 227 Å². The quantitative estimate of drug-likeness (QED) is 0.294. The van der Waals surface area contributed by atoms with E-state index < -0.39 is 11.9 Å². The largest absolute Gasteiger partial charge is 0.478 e. The third-order valence-corrected chi connectivity index (χ3v) is 9.36. The molecule has 1 aliphatic carbocycles. The van der Waals surface area contributed by atoms with Crippen molar-refractivity contribution in [3.8, 4) is 11.3 Å². The van der Waals surface area contributed by atoms with Crippen molar-refractivity contribution in [2.24, 2.45) is 0 Å². The minimum absolute atomic E-state index is 0.0694. The third-order valence-electron chi connectivity index (χ3n) is 9.36. The van der Waals surface area contributed by atoms with Crippen LogP contribution in [0.15, 0.2) is 42.6 Å². The first kappa shape index (κ1) is 24.8. The first-order chi connectivity index (χ1) is 18.9. The molecule has 2 fully saturated rings. The fourth-order valence-electron chi connectivity index (χ4n) is 7.44. The van der Waals surface area contributed by atoms with Crippen molar-refractivity contribution in [1.29, 1.82) is 0 Å². The normalized spacial score (nSPS) is 20.2. The molecule has 2 aliphatic heterocycles. The van der Waals surface area contributed by atoms with E-state index in [9.17, 15) is 18.7 Å². The summed E-state index contributed by atoms with van der Waals surface area (Å²) in [4.78, 5) is 14.1. The first-order valence-electron chi connectivity index (χ1n) is 14.5. The molecule has 0 amide bonds. The maximum Gasteiger partial charge on any atom is 0.335 e. The monoisotopic (exact) mass is 531 g/mol. The van der Waals surface area contributed by atoms with E-state index in [1.54, 1.807) is 6.07 Å². The number of carbonyl (C=O) groups is 1. The SMILES string of the molecule is O=C(O)c1ccc2c(C3CCCCC3)c3n(c2c1)CCCn1cc(CN2CCC(F)(F)CC2)c2cccc-3c21. The van der Waals surface area contributed by atoms with Crippen LogP contribution in [0.25, 0.3) is 33.1 Å². The Kier molecular flexibility index (Phi) is 6.03. The number of carboxylic acids is 1. The molecule has 0 atom stereocenters. The highest BCUT2D eigenvalue weighted by Gasteiger charge is 2.34. The average molecular weight is 532 g/mol. The summed E-state index contributed by atoms with van der Waals surface area (Å²) in [7, 11) is 0. The highest BCUT2D eigenvalue weighted by Crippen LogP contribution is 2.47. The van der Waals surface area contributed by atoms with E-state index >= 15 is 0 Å². The standard InChI is InChI=1S/C32H35F2N3O2/c33-32(34)12-16-35(17-13-32)19-23-20-36-14-5-15-37-27-18-22(31(38)39)10-11-25(27)28(21-6-2-1-3-7-21)30(37)26-9-4-8-24(23)29(26)36/h4,8-11,18,20-21H,1-3,5-7,12-17,19H2,(H,38,39). The zero-order valence-corrected chi connectivity index (χ0v) is 22.3. The number of para-hydroxylation sites is 1. The number of alkyl halides is 2. The number of nitrogens with zero attached hydrogens (tertiary/aromatic N) is 3. The van der Waals surface area contributed by atoms with Gasteiger partial charge < -0.3 is 14.2 Å². The lowest BCUT2D eigenvalue weighted by molar-refractivity contribution is -0.0566. The van der Waals surface area contributed by atoms with Gasteiger partial charge in [0.25, 0.3) is 5.92 Å². The zero-order chi connectivity index (χ0) is 26.7. The average Bonchev–Trinajstić information content (AvgIpc) is 3.44. The van der Waals surface area contributed by atoms with Crippen LogP contribution in [0.5, 0.6) is 0 Å². The summed E-state index contributed by atoms with van der Waals surface area (Å²) in [5.74, 6) is -2.98. The molecule has 0 radical (unpaired) electrons. The Bertz CT molecular complexity index is 1570. The van der Waals surface area contributed by atoms with Gasteiger partial charge in [-0.3, -0.25) is 4.90 Å². The van der Waals surface area contributed by atoms with Gasteiger partial charge in [0, 0.05) is 73.6 Å². The predicted octanol–water partition coefficient (Wildman–Crippen LogP) is 7.64. The van der Waals surface area contributed by atoms with Gasteiger partial charge in [-0.05, 0) is 48.4 Å². The lowest BCUT2D eigenvalue weighted by atomic mass is 9.81. The Morgan fingerprint density at radius 2 is 1.74 bits per heavy atom. The maximum atomic E-state index is 13.8. The smallest absolute Gasteiger partial charge is 0.335 e. The minimum Gasteiger partial charge on any atom is -0.478 e. The number of halogens is 2. The molecule has 7 rings (SSSR count). The van der Waals surface area contributed by atoms with Gasteiger partial charge in [0.15, 0.2) is 0 Å². The Hall–Kier alpha value is -3.19. The summed E-state index contributed by atoms with van der Waals surface area (Å²) < 4.78 is 32.4. The molecular formula is C32H35F2N3O2. The van der Waals surface area contributed by atoms with E-state index in [0.717, 1.165) is 37.9 Å². The second kappa shape index (κ2) is 9.47. The van der Waals surface area contributed by atoms with Crippen LogP contribution in [0.3, 0.4) is 0 Å². The molecule has 2 aromatic heterocycles.